The van der Waals surface area contributed by atoms with Gasteiger partial charge in [0.25, 0.3) is 0 Å². The van der Waals surface area contributed by atoms with E-state index in [1.165, 1.54) is 5.69 Å². The fourth-order valence-electron chi connectivity index (χ4n) is 1.96. The fourth-order valence-corrected chi connectivity index (χ4v) is 1.96. The number of aryl methyl sites for hydroxylation is 2. The lowest BCUT2D eigenvalue weighted by molar-refractivity contribution is 0.412. The highest BCUT2D eigenvalue weighted by Gasteiger charge is 2.09. The molecule has 0 spiro atoms. The third kappa shape index (κ3) is 2.80. The summed E-state index contributed by atoms with van der Waals surface area (Å²) in [4.78, 5) is 0. The zero-order valence-corrected chi connectivity index (χ0v) is 10.7. The van der Waals surface area contributed by atoms with Gasteiger partial charge in [0.05, 0.1) is 6.04 Å². The minimum Gasteiger partial charge on any atom is -0.465 e. The topological polar surface area (TPSA) is 30.1 Å². The van der Waals surface area contributed by atoms with Gasteiger partial charge in [-0.15, -0.1) is 0 Å². The largest absolute Gasteiger partial charge is 0.465 e. The van der Waals surface area contributed by atoms with E-state index < -0.39 is 0 Å². The molecule has 0 saturated heterocycles. The molecule has 2 rings (SSSR count). The van der Waals surface area contributed by atoms with Crippen molar-refractivity contribution in [2.45, 2.75) is 39.9 Å². The van der Waals surface area contributed by atoms with Crippen molar-refractivity contribution >= 4 is 0 Å². The molecule has 0 amide bonds. The maximum atomic E-state index is 5.60. The number of rotatable bonds is 5. The predicted octanol–water partition coefficient (Wildman–Crippen LogP) is 3.26. The van der Waals surface area contributed by atoms with Crippen LogP contribution in [0.3, 0.4) is 0 Å². The van der Waals surface area contributed by atoms with Gasteiger partial charge in [-0.25, -0.2) is 0 Å². The summed E-state index contributed by atoms with van der Waals surface area (Å²) in [6.07, 6.45) is 2.11. The first-order valence-corrected chi connectivity index (χ1v) is 6.14. The Bertz CT molecular complexity index is 470. The Morgan fingerprint density at radius 2 is 2.18 bits per heavy atom. The zero-order valence-electron chi connectivity index (χ0n) is 10.7. The molecule has 1 unspecified atom stereocenters. The standard InChI is InChI=1S/C14H20N2O/c1-4-16-9-5-6-13(16)10-15-12(3)14-8-7-11(2)17-14/h5-9,12,15H,4,10H2,1-3H3. The maximum Gasteiger partial charge on any atom is 0.120 e. The Morgan fingerprint density at radius 1 is 1.35 bits per heavy atom. The molecule has 2 heterocycles. The molecular weight excluding hydrogens is 212 g/mol. The van der Waals surface area contributed by atoms with E-state index in [-0.39, 0.29) is 6.04 Å². The van der Waals surface area contributed by atoms with E-state index in [1.54, 1.807) is 0 Å². The number of hydrogen-bond donors (Lipinski definition) is 1. The van der Waals surface area contributed by atoms with Gasteiger partial charge < -0.3 is 14.3 Å². The van der Waals surface area contributed by atoms with Crippen molar-refractivity contribution < 1.29 is 4.42 Å². The van der Waals surface area contributed by atoms with E-state index in [4.69, 9.17) is 4.42 Å². The molecule has 2 aromatic rings. The van der Waals surface area contributed by atoms with Gasteiger partial charge in [-0.05, 0) is 45.0 Å². The Kier molecular flexibility index (Phi) is 3.69. The van der Waals surface area contributed by atoms with Gasteiger partial charge in [0.15, 0.2) is 0 Å². The molecule has 92 valence electrons. The van der Waals surface area contributed by atoms with Crippen LogP contribution in [0, 0.1) is 6.92 Å². The van der Waals surface area contributed by atoms with E-state index >= 15 is 0 Å². The van der Waals surface area contributed by atoms with E-state index in [0.717, 1.165) is 24.6 Å². The first-order valence-electron chi connectivity index (χ1n) is 6.14. The number of nitrogens with zero attached hydrogens (tertiary/aromatic N) is 1. The summed E-state index contributed by atoms with van der Waals surface area (Å²) >= 11 is 0. The summed E-state index contributed by atoms with van der Waals surface area (Å²) in [6, 6.07) is 8.51. The molecule has 0 fully saturated rings. The molecule has 3 heteroatoms. The molecule has 0 bridgehead atoms. The van der Waals surface area contributed by atoms with Gasteiger partial charge in [0.2, 0.25) is 0 Å². The molecule has 0 saturated carbocycles. The molecule has 3 nitrogen and oxygen atoms in total. The quantitative estimate of drug-likeness (QED) is 0.857. The minimum absolute atomic E-state index is 0.240. The monoisotopic (exact) mass is 232 g/mol. The van der Waals surface area contributed by atoms with Gasteiger partial charge in [-0.1, -0.05) is 0 Å². The van der Waals surface area contributed by atoms with Gasteiger partial charge in [0.1, 0.15) is 11.5 Å². The second-order valence-corrected chi connectivity index (χ2v) is 4.34. The Hall–Kier alpha value is -1.48. The van der Waals surface area contributed by atoms with Crippen LogP contribution < -0.4 is 5.32 Å². The Labute approximate surface area is 102 Å². The lowest BCUT2D eigenvalue weighted by atomic mass is 10.2. The fraction of sp³-hybridized carbons (Fsp3) is 0.429. The molecule has 1 atom stereocenters. The van der Waals surface area contributed by atoms with Crippen molar-refractivity contribution in [3.63, 3.8) is 0 Å². The average Bonchev–Trinajstić information content (AvgIpc) is 2.94. The molecular formula is C14H20N2O. The third-order valence-electron chi connectivity index (χ3n) is 3.04. The van der Waals surface area contributed by atoms with Crippen LogP contribution in [-0.2, 0) is 13.1 Å². The predicted molar refractivity (Wildman–Crippen MR) is 68.8 cm³/mol. The normalized spacial score (nSPS) is 12.9. The first kappa shape index (κ1) is 12.0. The second kappa shape index (κ2) is 5.23. The minimum atomic E-state index is 0.240. The molecule has 0 aliphatic heterocycles. The number of nitrogens with one attached hydrogen (secondary N) is 1. The van der Waals surface area contributed by atoms with Crippen LogP contribution in [0.25, 0.3) is 0 Å². The Morgan fingerprint density at radius 3 is 2.82 bits per heavy atom. The first-order chi connectivity index (χ1) is 8.20. The number of furan rings is 1. The second-order valence-electron chi connectivity index (χ2n) is 4.34. The molecule has 0 aliphatic rings. The van der Waals surface area contributed by atoms with Crippen LogP contribution in [0.15, 0.2) is 34.9 Å². The summed E-state index contributed by atoms with van der Waals surface area (Å²) in [6.45, 7) is 8.12. The van der Waals surface area contributed by atoms with Crippen molar-refractivity contribution in [1.82, 2.24) is 9.88 Å². The highest BCUT2D eigenvalue weighted by atomic mass is 16.3. The molecule has 0 aliphatic carbocycles. The highest BCUT2D eigenvalue weighted by molar-refractivity contribution is 5.10. The summed E-state index contributed by atoms with van der Waals surface area (Å²) in [5, 5.41) is 3.47. The highest BCUT2D eigenvalue weighted by Crippen LogP contribution is 2.16. The van der Waals surface area contributed by atoms with Crippen molar-refractivity contribution in [3.05, 3.63) is 47.7 Å². The van der Waals surface area contributed by atoms with Crippen LogP contribution >= 0.6 is 0 Å². The van der Waals surface area contributed by atoms with Gasteiger partial charge >= 0.3 is 0 Å². The number of hydrogen-bond acceptors (Lipinski definition) is 2. The molecule has 17 heavy (non-hydrogen) atoms. The van der Waals surface area contributed by atoms with Crippen molar-refractivity contribution in [2.75, 3.05) is 0 Å². The summed E-state index contributed by atoms with van der Waals surface area (Å²) in [5.41, 5.74) is 1.31. The third-order valence-corrected chi connectivity index (χ3v) is 3.04. The SMILES string of the molecule is CCn1cccc1CNC(C)c1ccc(C)o1. The van der Waals surface area contributed by atoms with E-state index in [2.05, 4.69) is 42.1 Å². The average molecular weight is 232 g/mol. The van der Waals surface area contributed by atoms with Crippen molar-refractivity contribution in [3.8, 4) is 0 Å². The van der Waals surface area contributed by atoms with E-state index in [9.17, 15) is 0 Å². The van der Waals surface area contributed by atoms with E-state index in [1.807, 2.05) is 19.1 Å². The summed E-state index contributed by atoms with van der Waals surface area (Å²) in [7, 11) is 0. The van der Waals surface area contributed by atoms with Gasteiger partial charge in [-0.3, -0.25) is 0 Å². The maximum absolute atomic E-state index is 5.60. The summed E-state index contributed by atoms with van der Waals surface area (Å²) in [5.74, 6) is 1.96. The molecule has 2 aromatic heterocycles. The number of aromatic nitrogens is 1. The van der Waals surface area contributed by atoms with Crippen LogP contribution in [0.4, 0.5) is 0 Å². The van der Waals surface area contributed by atoms with Gasteiger partial charge in [-0.2, -0.15) is 0 Å². The Balaban J connectivity index is 1.94. The van der Waals surface area contributed by atoms with Crippen LogP contribution in [0.5, 0.6) is 0 Å². The van der Waals surface area contributed by atoms with Crippen LogP contribution in [-0.4, -0.2) is 4.57 Å². The molecule has 0 aromatic carbocycles. The van der Waals surface area contributed by atoms with Gasteiger partial charge in [0, 0.05) is 25.0 Å². The summed E-state index contributed by atoms with van der Waals surface area (Å²) < 4.78 is 7.85. The smallest absolute Gasteiger partial charge is 0.120 e. The van der Waals surface area contributed by atoms with Crippen LogP contribution in [0.1, 0.15) is 37.1 Å². The van der Waals surface area contributed by atoms with Crippen molar-refractivity contribution in [2.24, 2.45) is 0 Å². The molecule has 1 N–H and O–H groups in total. The lowest BCUT2D eigenvalue weighted by Crippen LogP contribution is -2.19. The molecule has 0 radical (unpaired) electrons. The zero-order chi connectivity index (χ0) is 12.3. The van der Waals surface area contributed by atoms with E-state index in [0.29, 0.717) is 0 Å². The van der Waals surface area contributed by atoms with Crippen LogP contribution in [0.2, 0.25) is 0 Å². The van der Waals surface area contributed by atoms with Crippen molar-refractivity contribution in [1.29, 1.82) is 0 Å². The lowest BCUT2D eigenvalue weighted by Gasteiger charge is -2.12.